The topological polar surface area (TPSA) is 3.88 Å². The molecule has 2 aromatic rings. The standard InChI is InChI=1S/C17H12N/c1-3-12-6-8-17-9-7-13-5-2-10-18(16(13)17)11-14(4-1)15(12)17/h1-10H,11H2/q+1. The number of pyridine rings is 1. The van der Waals surface area contributed by atoms with Gasteiger partial charge in [-0.05, 0) is 17.2 Å². The highest BCUT2D eigenvalue weighted by molar-refractivity contribution is 5.79. The molecule has 1 spiro atoms. The van der Waals surface area contributed by atoms with Crippen LogP contribution in [-0.2, 0) is 12.0 Å². The summed E-state index contributed by atoms with van der Waals surface area (Å²) in [5.74, 6) is 0. The second kappa shape index (κ2) is 2.64. The number of rotatable bonds is 0. The molecule has 0 fully saturated rings. The monoisotopic (exact) mass is 230 g/mol. The first-order valence-electron chi connectivity index (χ1n) is 6.42. The van der Waals surface area contributed by atoms with E-state index < -0.39 is 0 Å². The summed E-state index contributed by atoms with van der Waals surface area (Å²) in [7, 11) is 0. The molecule has 18 heavy (non-hydrogen) atoms. The molecule has 1 atom stereocenters. The third kappa shape index (κ3) is 0.789. The van der Waals surface area contributed by atoms with Gasteiger partial charge in [0.2, 0.25) is 5.69 Å². The van der Waals surface area contributed by atoms with Crippen LogP contribution in [-0.4, -0.2) is 0 Å². The van der Waals surface area contributed by atoms with Crippen molar-refractivity contribution in [3.63, 3.8) is 0 Å². The molecule has 0 saturated carbocycles. The predicted molar refractivity (Wildman–Crippen MR) is 71.0 cm³/mol. The van der Waals surface area contributed by atoms with E-state index in [1.54, 1.807) is 0 Å². The van der Waals surface area contributed by atoms with E-state index in [1.165, 1.54) is 27.9 Å². The van der Waals surface area contributed by atoms with Crippen LogP contribution in [0.1, 0.15) is 27.9 Å². The molecule has 0 amide bonds. The van der Waals surface area contributed by atoms with Gasteiger partial charge >= 0.3 is 0 Å². The maximum atomic E-state index is 2.40. The van der Waals surface area contributed by atoms with E-state index in [0.717, 1.165) is 6.54 Å². The first-order valence-corrected chi connectivity index (χ1v) is 6.42. The molecular formula is C17H12N+. The van der Waals surface area contributed by atoms with E-state index in [1.807, 2.05) is 0 Å². The van der Waals surface area contributed by atoms with Crippen LogP contribution in [0.2, 0.25) is 0 Å². The normalized spacial score (nSPS) is 24.2. The summed E-state index contributed by atoms with van der Waals surface area (Å²) >= 11 is 0. The Bertz CT molecular complexity index is 700. The van der Waals surface area contributed by atoms with Crippen LogP contribution < -0.4 is 4.57 Å². The van der Waals surface area contributed by atoms with E-state index in [4.69, 9.17) is 0 Å². The van der Waals surface area contributed by atoms with Crippen molar-refractivity contribution in [2.75, 3.05) is 0 Å². The lowest BCUT2D eigenvalue weighted by molar-refractivity contribution is -0.699. The van der Waals surface area contributed by atoms with Gasteiger partial charge in [0.15, 0.2) is 12.7 Å². The number of benzene rings is 1. The maximum absolute atomic E-state index is 2.40. The molecule has 0 saturated heterocycles. The highest BCUT2D eigenvalue weighted by Crippen LogP contribution is 2.49. The van der Waals surface area contributed by atoms with Gasteiger partial charge in [0.1, 0.15) is 5.41 Å². The zero-order valence-corrected chi connectivity index (χ0v) is 9.93. The van der Waals surface area contributed by atoms with Crippen molar-refractivity contribution in [2.45, 2.75) is 12.0 Å². The summed E-state index contributed by atoms with van der Waals surface area (Å²) in [6.07, 6.45) is 11.5. The zero-order valence-electron chi connectivity index (χ0n) is 9.93. The van der Waals surface area contributed by atoms with Gasteiger partial charge in [-0.2, -0.15) is 4.57 Å². The van der Waals surface area contributed by atoms with E-state index in [2.05, 4.69) is 65.4 Å². The van der Waals surface area contributed by atoms with Gasteiger partial charge in [0.05, 0.1) is 0 Å². The summed E-state index contributed by atoms with van der Waals surface area (Å²) in [6.45, 7) is 0.997. The van der Waals surface area contributed by atoms with Gasteiger partial charge in [0, 0.05) is 17.2 Å². The van der Waals surface area contributed by atoms with Crippen molar-refractivity contribution in [1.29, 1.82) is 0 Å². The van der Waals surface area contributed by atoms with E-state index >= 15 is 0 Å². The van der Waals surface area contributed by atoms with E-state index in [9.17, 15) is 0 Å². The quantitative estimate of drug-likeness (QED) is 0.613. The van der Waals surface area contributed by atoms with Crippen molar-refractivity contribution < 1.29 is 4.57 Å². The molecule has 1 aromatic heterocycles. The van der Waals surface area contributed by atoms with Crippen molar-refractivity contribution in [2.24, 2.45) is 0 Å². The van der Waals surface area contributed by atoms with E-state index in [-0.39, 0.29) is 5.41 Å². The third-order valence-corrected chi connectivity index (χ3v) is 4.48. The summed E-state index contributed by atoms with van der Waals surface area (Å²) in [6, 6.07) is 11.0. The van der Waals surface area contributed by atoms with Crippen LogP contribution in [0.4, 0.5) is 0 Å². The minimum atomic E-state index is 0.0147. The molecule has 1 nitrogen and oxygen atoms in total. The molecule has 0 N–H and O–H groups in total. The average molecular weight is 230 g/mol. The first-order chi connectivity index (χ1) is 8.88. The summed E-state index contributed by atoms with van der Waals surface area (Å²) in [5.41, 5.74) is 7.18. The Morgan fingerprint density at radius 1 is 0.944 bits per heavy atom. The molecule has 2 aliphatic carbocycles. The number of nitrogens with zero attached hydrogens (tertiary/aromatic N) is 1. The summed E-state index contributed by atoms with van der Waals surface area (Å²) < 4.78 is 2.40. The Labute approximate surface area is 106 Å². The van der Waals surface area contributed by atoms with Crippen molar-refractivity contribution in [3.8, 4) is 0 Å². The van der Waals surface area contributed by atoms with Gasteiger partial charge < -0.3 is 0 Å². The lowest BCUT2D eigenvalue weighted by atomic mass is 9.76. The third-order valence-electron chi connectivity index (χ3n) is 4.48. The Kier molecular flexibility index (Phi) is 1.30. The zero-order chi connectivity index (χ0) is 11.7. The molecule has 3 aliphatic rings. The first kappa shape index (κ1) is 8.87. The van der Waals surface area contributed by atoms with Gasteiger partial charge in [-0.1, -0.05) is 42.5 Å². The fourth-order valence-electron chi connectivity index (χ4n) is 3.83. The molecule has 0 bridgehead atoms. The SMILES string of the molecule is C1=CC23C=Cc4ccc[n+](c42)Cc2cccc1c23. The molecule has 84 valence electrons. The number of allylic oxidation sites excluding steroid dienone is 2. The Hall–Kier alpha value is -2.15. The lowest BCUT2D eigenvalue weighted by Gasteiger charge is -2.27. The van der Waals surface area contributed by atoms with Gasteiger partial charge in [-0.15, -0.1) is 0 Å². The van der Waals surface area contributed by atoms with E-state index in [0.29, 0.717) is 0 Å². The van der Waals surface area contributed by atoms with Gasteiger partial charge in [0.25, 0.3) is 0 Å². The number of hydrogen-bond donors (Lipinski definition) is 0. The van der Waals surface area contributed by atoms with Crippen LogP contribution in [0.15, 0.2) is 48.7 Å². The fourth-order valence-corrected chi connectivity index (χ4v) is 3.83. The fraction of sp³-hybridized carbons (Fsp3) is 0.118. The second-order valence-corrected chi connectivity index (χ2v) is 5.36. The Morgan fingerprint density at radius 2 is 1.78 bits per heavy atom. The molecule has 2 heterocycles. The number of aromatic nitrogens is 1. The second-order valence-electron chi connectivity index (χ2n) is 5.36. The largest absolute Gasteiger partial charge is 0.207 e. The van der Waals surface area contributed by atoms with Crippen LogP contribution in [0, 0.1) is 0 Å². The molecule has 0 radical (unpaired) electrons. The molecular weight excluding hydrogens is 218 g/mol. The highest BCUT2D eigenvalue weighted by atomic mass is 15.0. The molecule has 5 rings (SSSR count). The minimum Gasteiger partial charge on any atom is -0.196 e. The summed E-state index contributed by atoms with van der Waals surface area (Å²) in [5, 5.41) is 0. The average Bonchev–Trinajstić information content (AvgIpc) is 2.96. The van der Waals surface area contributed by atoms with Crippen LogP contribution in [0.3, 0.4) is 0 Å². The van der Waals surface area contributed by atoms with Gasteiger partial charge in [-0.3, -0.25) is 0 Å². The Balaban J connectivity index is 2.00. The van der Waals surface area contributed by atoms with Crippen molar-refractivity contribution >= 4 is 12.2 Å². The maximum Gasteiger partial charge on any atom is 0.207 e. The van der Waals surface area contributed by atoms with Crippen LogP contribution in [0.25, 0.3) is 12.2 Å². The molecule has 1 heteroatoms. The minimum absolute atomic E-state index is 0.0147. The van der Waals surface area contributed by atoms with Crippen molar-refractivity contribution in [1.82, 2.24) is 0 Å². The molecule has 1 unspecified atom stereocenters. The van der Waals surface area contributed by atoms with Crippen LogP contribution in [0.5, 0.6) is 0 Å². The van der Waals surface area contributed by atoms with Crippen molar-refractivity contribution in [3.05, 3.63) is 76.6 Å². The smallest absolute Gasteiger partial charge is 0.196 e. The van der Waals surface area contributed by atoms with Crippen LogP contribution >= 0.6 is 0 Å². The molecule has 1 aromatic carbocycles. The number of hydrogen-bond acceptors (Lipinski definition) is 0. The predicted octanol–water partition coefficient (Wildman–Crippen LogP) is 2.68. The highest BCUT2D eigenvalue weighted by Gasteiger charge is 2.49. The lowest BCUT2D eigenvalue weighted by Crippen LogP contribution is -2.49. The molecule has 1 aliphatic heterocycles. The van der Waals surface area contributed by atoms with Gasteiger partial charge in [-0.25, -0.2) is 0 Å². The summed E-state index contributed by atoms with van der Waals surface area (Å²) in [4.78, 5) is 0. The Morgan fingerprint density at radius 3 is 2.72 bits per heavy atom.